The van der Waals surface area contributed by atoms with Crippen LogP contribution in [0.25, 0.3) is 0 Å². The van der Waals surface area contributed by atoms with Gasteiger partial charge < -0.3 is 15.1 Å². The molecule has 3 aliphatic carbocycles. The smallest absolute Gasteiger partial charge is 0.190 e. The largest absolute Gasteiger partial charge is 0.506 e. The first-order valence-electron chi connectivity index (χ1n) is 10.8. The van der Waals surface area contributed by atoms with Gasteiger partial charge in [-0.1, -0.05) is 0 Å². The van der Waals surface area contributed by atoms with Gasteiger partial charge in [-0.15, -0.1) is 0 Å². The molecule has 0 radical (unpaired) electrons. The van der Waals surface area contributed by atoms with E-state index in [-0.39, 0.29) is 30.4 Å². The van der Waals surface area contributed by atoms with Crippen molar-refractivity contribution in [2.24, 2.45) is 23.7 Å². The van der Waals surface area contributed by atoms with Crippen LogP contribution in [-0.4, -0.2) is 64.6 Å². The van der Waals surface area contributed by atoms with Crippen molar-refractivity contribution in [2.75, 3.05) is 19.0 Å². The highest BCUT2D eigenvalue weighted by atomic mass is 16.3. The second kappa shape index (κ2) is 7.41. The molecule has 5 unspecified atom stereocenters. The number of aliphatic hydroxyl groups is 1. The van der Waals surface area contributed by atoms with Gasteiger partial charge in [-0.05, 0) is 44.2 Å². The molecular formula is C24H25NO8. The minimum atomic E-state index is -2.61. The van der Waals surface area contributed by atoms with Crippen molar-refractivity contribution in [3.63, 3.8) is 0 Å². The summed E-state index contributed by atoms with van der Waals surface area (Å²) >= 11 is 0. The van der Waals surface area contributed by atoms with E-state index in [2.05, 4.69) is 0 Å². The molecule has 1 aromatic carbocycles. The summed E-state index contributed by atoms with van der Waals surface area (Å²) in [7, 11) is 3.44. The number of hydrogen-bond donors (Lipinski definition) is 2. The van der Waals surface area contributed by atoms with Crippen LogP contribution in [0.1, 0.15) is 53.0 Å². The van der Waals surface area contributed by atoms with Gasteiger partial charge >= 0.3 is 0 Å². The molecule has 0 aliphatic heterocycles. The highest BCUT2D eigenvalue weighted by Gasteiger charge is 2.65. The highest BCUT2D eigenvalue weighted by molar-refractivity contribution is 6.31. The van der Waals surface area contributed by atoms with Gasteiger partial charge in [0.25, 0.3) is 0 Å². The standard InChI is InChI=1S/C24H25NO8/c1-9(26)13-8-15(25(3)4)14-6-11-5-12-7-16(28)17(10(2)27)22(31)24(12,33)23(32)18(11)21(30)19(14)20(13)29/h8,11-12,17-18,29,33H,5-7H2,1-4H3. The Labute approximate surface area is 189 Å². The number of nitrogens with zero attached hydrogens (tertiary/aromatic N) is 1. The Bertz CT molecular complexity index is 1170. The molecule has 0 spiro atoms. The van der Waals surface area contributed by atoms with Gasteiger partial charge in [0, 0.05) is 32.1 Å². The fraction of sp³-hybridized carbons (Fsp3) is 0.500. The molecule has 0 aromatic heterocycles. The number of benzene rings is 1. The van der Waals surface area contributed by atoms with Crippen LogP contribution in [-0.2, 0) is 25.6 Å². The Balaban J connectivity index is 1.88. The van der Waals surface area contributed by atoms with E-state index in [0.29, 0.717) is 11.3 Å². The first-order valence-corrected chi connectivity index (χ1v) is 10.8. The average Bonchev–Trinajstić information content (AvgIpc) is 2.70. The lowest BCUT2D eigenvalue weighted by atomic mass is 9.53. The fourth-order valence-electron chi connectivity index (χ4n) is 5.81. The maximum atomic E-state index is 13.6. The molecule has 0 amide bonds. The number of rotatable bonds is 3. The number of carbonyl (C=O) groups excluding carboxylic acids is 6. The second-order valence-corrected chi connectivity index (χ2v) is 9.54. The summed E-state index contributed by atoms with van der Waals surface area (Å²) in [5.74, 6) is -10.1. The van der Waals surface area contributed by atoms with Crippen molar-refractivity contribution in [1.29, 1.82) is 0 Å². The Kier molecular flexibility index (Phi) is 5.16. The summed E-state index contributed by atoms with van der Waals surface area (Å²) in [6.07, 6.45) is -0.0678. The summed E-state index contributed by atoms with van der Waals surface area (Å²) in [6.45, 7) is 2.29. The normalized spacial score (nSPS) is 30.9. The fourth-order valence-corrected chi connectivity index (χ4v) is 5.81. The summed E-state index contributed by atoms with van der Waals surface area (Å²) in [5.41, 5.74) is -1.83. The number of fused-ring (bicyclic) bond motifs is 3. The monoisotopic (exact) mass is 455 g/mol. The molecule has 9 nitrogen and oxygen atoms in total. The van der Waals surface area contributed by atoms with E-state index in [4.69, 9.17) is 0 Å². The highest BCUT2D eigenvalue weighted by Crippen LogP contribution is 2.51. The maximum absolute atomic E-state index is 13.6. The van der Waals surface area contributed by atoms with Gasteiger partial charge in [0.15, 0.2) is 34.5 Å². The zero-order valence-electron chi connectivity index (χ0n) is 18.8. The number of phenols is 1. The lowest BCUT2D eigenvalue weighted by Crippen LogP contribution is -2.67. The minimum Gasteiger partial charge on any atom is -0.506 e. The van der Waals surface area contributed by atoms with Crippen LogP contribution in [0.15, 0.2) is 6.07 Å². The molecule has 3 aliphatic rings. The van der Waals surface area contributed by atoms with Crippen LogP contribution in [0.5, 0.6) is 5.75 Å². The van der Waals surface area contributed by atoms with Crippen LogP contribution in [0.2, 0.25) is 0 Å². The van der Waals surface area contributed by atoms with E-state index in [9.17, 15) is 39.0 Å². The number of Topliss-reactive ketones (excluding diaryl/α,β-unsaturated/α-hetero) is 6. The van der Waals surface area contributed by atoms with Crippen molar-refractivity contribution in [3.05, 3.63) is 22.8 Å². The summed E-state index contributed by atoms with van der Waals surface area (Å²) in [6, 6.07) is 1.50. The first kappa shape index (κ1) is 23.0. The van der Waals surface area contributed by atoms with Gasteiger partial charge in [0.2, 0.25) is 0 Å². The van der Waals surface area contributed by atoms with Crippen LogP contribution in [0.4, 0.5) is 5.69 Å². The molecule has 33 heavy (non-hydrogen) atoms. The molecule has 0 bridgehead atoms. The lowest BCUT2D eigenvalue weighted by molar-refractivity contribution is -0.175. The first-order chi connectivity index (χ1) is 15.3. The molecule has 2 saturated carbocycles. The molecule has 2 fully saturated rings. The van der Waals surface area contributed by atoms with E-state index in [1.165, 1.54) is 13.0 Å². The van der Waals surface area contributed by atoms with Crippen molar-refractivity contribution in [3.8, 4) is 5.75 Å². The van der Waals surface area contributed by atoms with Crippen molar-refractivity contribution >= 4 is 40.4 Å². The number of hydrogen-bond acceptors (Lipinski definition) is 9. The van der Waals surface area contributed by atoms with E-state index < -0.39 is 69.7 Å². The average molecular weight is 455 g/mol. The van der Waals surface area contributed by atoms with Crippen LogP contribution < -0.4 is 4.90 Å². The number of carbonyl (C=O) groups is 6. The van der Waals surface area contributed by atoms with Gasteiger partial charge in [-0.3, -0.25) is 28.8 Å². The zero-order chi connectivity index (χ0) is 24.6. The van der Waals surface area contributed by atoms with E-state index in [0.717, 1.165) is 6.92 Å². The topological polar surface area (TPSA) is 146 Å². The third-order valence-corrected chi connectivity index (χ3v) is 7.36. The summed E-state index contributed by atoms with van der Waals surface area (Å²) < 4.78 is 0. The molecule has 1 aromatic rings. The number of aromatic hydroxyl groups is 1. The molecule has 0 saturated heterocycles. The molecule has 4 rings (SSSR count). The molecule has 0 heterocycles. The van der Waals surface area contributed by atoms with Crippen LogP contribution in [0.3, 0.4) is 0 Å². The number of anilines is 1. The van der Waals surface area contributed by atoms with Gasteiger partial charge in [-0.2, -0.15) is 0 Å². The zero-order valence-corrected chi connectivity index (χ0v) is 18.8. The molecular weight excluding hydrogens is 430 g/mol. The third kappa shape index (κ3) is 3.02. The minimum absolute atomic E-state index is 0.0578. The number of ketones is 6. The molecule has 9 heteroatoms. The Hall–Kier alpha value is -3.20. The Morgan fingerprint density at radius 3 is 2.24 bits per heavy atom. The second-order valence-electron chi connectivity index (χ2n) is 9.54. The maximum Gasteiger partial charge on any atom is 0.190 e. The summed E-state index contributed by atoms with van der Waals surface area (Å²) in [4.78, 5) is 78.2. The van der Waals surface area contributed by atoms with E-state index in [1.807, 2.05) is 0 Å². The van der Waals surface area contributed by atoms with E-state index in [1.54, 1.807) is 19.0 Å². The number of phenolic OH excluding ortho intramolecular Hbond substituents is 1. The molecule has 2 N–H and O–H groups in total. The van der Waals surface area contributed by atoms with Crippen molar-refractivity contribution < 1.29 is 39.0 Å². The van der Waals surface area contributed by atoms with Crippen molar-refractivity contribution in [2.45, 2.75) is 38.7 Å². The Morgan fingerprint density at radius 2 is 1.70 bits per heavy atom. The van der Waals surface area contributed by atoms with Gasteiger partial charge in [-0.25, -0.2) is 0 Å². The van der Waals surface area contributed by atoms with Crippen LogP contribution in [0, 0.1) is 23.7 Å². The van der Waals surface area contributed by atoms with Crippen molar-refractivity contribution in [1.82, 2.24) is 0 Å². The third-order valence-electron chi connectivity index (χ3n) is 7.36. The predicted octanol–water partition coefficient (Wildman–Crippen LogP) is 0.699. The van der Waals surface area contributed by atoms with Crippen LogP contribution >= 0.6 is 0 Å². The predicted molar refractivity (Wildman–Crippen MR) is 114 cm³/mol. The quantitative estimate of drug-likeness (QED) is 0.497. The van der Waals surface area contributed by atoms with Gasteiger partial charge in [0.1, 0.15) is 17.5 Å². The SMILES string of the molecule is CC(=O)c1cc(N(C)C)c2c(c1O)C(=O)C1C(=O)C3(O)C(=O)C(C(C)=O)C(=O)CC3CC1C2. The van der Waals surface area contributed by atoms with Gasteiger partial charge in [0.05, 0.1) is 17.0 Å². The summed E-state index contributed by atoms with van der Waals surface area (Å²) in [5, 5.41) is 22.0. The molecule has 5 atom stereocenters. The molecule has 174 valence electrons. The Morgan fingerprint density at radius 1 is 1.06 bits per heavy atom. The lowest BCUT2D eigenvalue weighted by Gasteiger charge is -2.49. The van der Waals surface area contributed by atoms with E-state index >= 15 is 0 Å².